The third kappa shape index (κ3) is 8.68. The molecule has 3 aromatic rings. The summed E-state index contributed by atoms with van der Waals surface area (Å²) in [6.45, 7) is 17.8. The third-order valence-corrected chi connectivity index (χ3v) is 8.51. The third-order valence-electron chi connectivity index (χ3n) is 6.81. The van der Waals surface area contributed by atoms with Crippen LogP contribution in [0.5, 0.6) is 0 Å². The van der Waals surface area contributed by atoms with Crippen LogP contribution >= 0.6 is 0 Å². The summed E-state index contributed by atoms with van der Waals surface area (Å²) in [5.41, 5.74) is 1.65. The van der Waals surface area contributed by atoms with Gasteiger partial charge in [-0.05, 0) is 45.2 Å². The number of carbonyl (C=O) groups excluding carboxylic acids is 2. The minimum atomic E-state index is -1.16. The van der Waals surface area contributed by atoms with Gasteiger partial charge in [0, 0.05) is 46.0 Å². The van der Waals surface area contributed by atoms with Gasteiger partial charge in [-0.15, -0.1) is 5.10 Å². The van der Waals surface area contributed by atoms with Gasteiger partial charge in [-0.2, -0.15) is 0 Å². The Hall–Kier alpha value is -3.12. The minimum Gasteiger partial charge on any atom is -0.444 e. The van der Waals surface area contributed by atoms with E-state index in [0.717, 1.165) is 29.3 Å². The lowest BCUT2D eigenvalue weighted by atomic mass is 9.89. The Morgan fingerprint density at radius 1 is 1.20 bits per heavy atom. The van der Waals surface area contributed by atoms with E-state index in [2.05, 4.69) is 58.4 Å². The van der Waals surface area contributed by atoms with Crippen LogP contribution in [0.25, 0.3) is 22.6 Å². The van der Waals surface area contributed by atoms with Gasteiger partial charge in [0.25, 0.3) is 0 Å². The van der Waals surface area contributed by atoms with Crippen LogP contribution in [-0.2, 0) is 27.4 Å². The SMILES string of the molecule is CC(C)Cc1nc2cnc(-c3ncn(COCC[Si](C)(C)C)n3)cc2n1C1CC(=O)CC(NC(=O)OC(C)(C)C)C1. The molecule has 0 aromatic carbocycles. The molecule has 0 bridgehead atoms. The monoisotopic (exact) mass is 583 g/mol. The number of nitrogens with zero attached hydrogens (tertiary/aromatic N) is 6. The summed E-state index contributed by atoms with van der Waals surface area (Å²) >= 11 is 0. The largest absolute Gasteiger partial charge is 0.444 e. The molecule has 1 aliphatic rings. The molecule has 4 rings (SSSR count). The average molecular weight is 584 g/mol. The standard InChI is InChI=1S/C29H45N7O4Si/c1-19(2)11-26-33-24-16-30-23(27-31-17-35(34-27)18-39-9-10-41(6,7)8)15-25(24)36(26)21-12-20(13-22(37)14-21)32-28(38)40-29(3,4)5/h15-17,19-21H,9-14,18H2,1-8H3,(H,32,38). The number of ketones is 1. The van der Waals surface area contributed by atoms with Crippen molar-refractivity contribution in [1.82, 2.24) is 34.6 Å². The molecular weight excluding hydrogens is 538 g/mol. The Balaban J connectivity index is 1.59. The van der Waals surface area contributed by atoms with E-state index in [9.17, 15) is 9.59 Å². The van der Waals surface area contributed by atoms with Gasteiger partial charge >= 0.3 is 6.09 Å². The lowest BCUT2D eigenvalue weighted by Crippen LogP contribution is -2.44. The number of aromatic nitrogens is 6. The molecule has 12 heteroatoms. The van der Waals surface area contributed by atoms with Gasteiger partial charge in [0.2, 0.25) is 0 Å². The molecule has 41 heavy (non-hydrogen) atoms. The molecule has 1 fully saturated rings. The zero-order chi connectivity index (χ0) is 29.9. The van der Waals surface area contributed by atoms with E-state index in [1.54, 1.807) is 17.2 Å². The first-order chi connectivity index (χ1) is 19.2. The van der Waals surface area contributed by atoms with E-state index in [1.807, 2.05) is 26.8 Å². The van der Waals surface area contributed by atoms with Crippen LogP contribution in [0.4, 0.5) is 4.79 Å². The molecule has 0 spiro atoms. The predicted octanol–water partition coefficient (Wildman–Crippen LogP) is 5.39. The maximum Gasteiger partial charge on any atom is 0.407 e. The van der Waals surface area contributed by atoms with Crippen LogP contribution in [0, 0.1) is 5.92 Å². The average Bonchev–Trinajstić information content (AvgIpc) is 3.43. The Morgan fingerprint density at radius 2 is 1.95 bits per heavy atom. The van der Waals surface area contributed by atoms with Crippen molar-refractivity contribution in [3.05, 3.63) is 24.4 Å². The summed E-state index contributed by atoms with van der Waals surface area (Å²) in [4.78, 5) is 39.4. The number of pyridine rings is 1. The van der Waals surface area contributed by atoms with Crippen molar-refractivity contribution in [3.63, 3.8) is 0 Å². The van der Waals surface area contributed by atoms with Gasteiger partial charge in [0.15, 0.2) is 5.82 Å². The Labute approximate surface area is 243 Å². The normalized spacial score (nSPS) is 18.3. The molecule has 1 N–H and O–H groups in total. The molecule has 2 atom stereocenters. The van der Waals surface area contributed by atoms with Gasteiger partial charge in [0.05, 0.1) is 11.7 Å². The van der Waals surface area contributed by atoms with Crippen molar-refractivity contribution >= 4 is 31.0 Å². The molecule has 1 aliphatic carbocycles. The van der Waals surface area contributed by atoms with E-state index in [4.69, 9.17) is 14.5 Å². The Kier molecular flexibility index (Phi) is 9.32. The van der Waals surface area contributed by atoms with Gasteiger partial charge in [-0.3, -0.25) is 9.78 Å². The molecule has 0 saturated heterocycles. The second-order valence-corrected chi connectivity index (χ2v) is 19.3. The van der Waals surface area contributed by atoms with Crippen molar-refractivity contribution < 1.29 is 19.1 Å². The number of hydrogen-bond donors (Lipinski definition) is 1. The number of carbonyl (C=O) groups is 2. The zero-order valence-electron chi connectivity index (χ0n) is 25.7. The van der Waals surface area contributed by atoms with Crippen molar-refractivity contribution in [2.75, 3.05) is 6.61 Å². The van der Waals surface area contributed by atoms with Gasteiger partial charge in [-0.1, -0.05) is 33.5 Å². The highest BCUT2D eigenvalue weighted by molar-refractivity contribution is 6.76. The smallest absolute Gasteiger partial charge is 0.407 e. The zero-order valence-corrected chi connectivity index (χ0v) is 26.7. The van der Waals surface area contributed by atoms with E-state index >= 15 is 0 Å². The molecule has 1 amide bonds. The van der Waals surface area contributed by atoms with Crippen molar-refractivity contribution in [2.45, 2.75) is 110 Å². The van der Waals surface area contributed by atoms with Crippen LogP contribution in [-0.4, -0.2) is 67.5 Å². The summed E-state index contributed by atoms with van der Waals surface area (Å²) in [6, 6.07) is 2.57. The van der Waals surface area contributed by atoms with Crippen LogP contribution < -0.4 is 5.32 Å². The summed E-state index contributed by atoms with van der Waals surface area (Å²) in [7, 11) is -1.16. The second kappa shape index (κ2) is 12.4. The first kappa shape index (κ1) is 30.8. The van der Waals surface area contributed by atoms with E-state index in [0.29, 0.717) is 43.6 Å². The topological polar surface area (TPSA) is 126 Å². The molecule has 11 nitrogen and oxygen atoms in total. The molecule has 0 radical (unpaired) electrons. The second-order valence-electron chi connectivity index (χ2n) is 13.7. The lowest BCUT2D eigenvalue weighted by Gasteiger charge is -2.32. The maximum atomic E-state index is 12.9. The van der Waals surface area contributed by atoms with Crippen LogP contribution in [0.15, 0.2) is 18.6 Å². The molecular formula is C29H45N7O4Si. The van der Waals surface area contributed by atoms with E-state index in [-0.39, 0.29) is 24.3 Å². The molecule has 1 saturated carbocycles. The number of ether oxygens (including phenoxy) is 2. The minimum absolute atomic E-state index is 0.100. The summed E-state index contributed by atoms with van der Waals surface area (Å²) < 4.78 is 15.1. The molecule has 3 aromatic heterocycles. The fourth-order valence-electron chi connectivity index (χ4n) is 5.00. The maximum absolute atomic E-state index is 12.9. The first-order valence-electron chi connectivity index (χ1n) is 14.5. The number of alkyl carbamates (subject to hydrolysis) is 1. The van der Waals surface area contributed by atoms with Gasteiger partial charge < -0.3 is 19.4 Å². The quantitative estimate of drug-likeness (QED) is 0.249. The summed E-state index contributed by atoms with van der Waals surface area (Å²) in [5, 5.41) is 7.50. The van der Waals surface area contributed by atoms with E-state index < -0.39 is 19.8 Å². The summed E-state index contributed by atoms with van der Waals surface area (Å²) in [5.74, 6) is 1.87. The van der Waals surface area contributed by atoms with Gasteiger partial charge in [-0.25, -0.2) is 19.4 Å². The van der Waals surface area contributed by atoms with Crippen LogP contribution in [0.2, 0.25) is 25.7 Å². The number of amides is 1. The number of hydrogen-bond acceptors (Lipinski definition) is 8. The highest BCUT2D eigenvalue weighted by Gasteiger charge is 2.33. The number of imidazole rings is 1. The highest BCUT2D eigenvalue weighted by atomic mass is 28.3. The molecule has 0 aliphatic heterocycles. The lowest BCUT2D eigenvalue weighted by molar-refractivity contribution is -0.121. The van der Waals surface area contributed by atoms with Crippen molar-refractivity contribution in [3.8, 4) is 11.5 Å². The number of nitrogens with one attached hydrogen (secondary N) is 1. The number of fused-ring (bicyclic) bond motifs is 1. The number of Topliss-reactive ketones (excluding diaryl/α,β-unsaturated/α-hetero) is 1. The molecule has 224 valence electrons. The van der Waals surface area contributed by atoms with Crippen molar-refractivity contribution in [1.29, 1.82) is 0 Å². The van der Waals surface area contributed by atoms with Crippen molar-refractivity contribution in [2.24, 2.45) is 5.92 Å². The predicted molar refractivity (Wildman–Crippen MR) is 160 cm³/mol. The fraction of sp³-hybridized carbons (Fsp3) is 0.655. The summed E-state index contributed by atoms with van der Waals surface area (Å²) in [6.07, 6.45) is 4.91. The molecule has 2 unspecified atom stereocenters. The van der Waals surface area contributed by atoms with Crippen LogP contribution in [0.3, 0.4) is 0 Å². The van der Waals surface area contributed by atoms with E-state index in [1.165, 1.54) is 0 Å². The number of rotatable bonds is 10. The Bertz CT molecular complexity index is 1370. The highest BCUT2D eigenvalue weighted by Crippen LogP contribution is 2.33. The first-order valence-corrected chi connectivity index (χ1v) is 18.2. The van der Waals surface area contributed by atoms with Gasteiger partial charge in [0.1, 0.15) is 41.5 Å². The molecule has 3 heterocycles. The van der Waals surface area contributed by atoms with Crippen LogP contribution in [0.1, 0.15) is 65.7 Å². The Morgan fingerprint density at radius 3 is 2.63 bits per heavy atom. The fourth-order valence-corrected chi connectivity index (χ4v) is 5.75.